The van der Waals surface area contributed by atoms with Gasteiger partial charge in [-0.2, -0.15) is 4.72 Å². The van der Waals surface area contributed by atoms with Crippen LogP contribution in [-0.2, 0) is 14.8 Å². The number of nitrogens with one attached hydrogen (secondary N) is 2. The van der Waals surface area contributed by atoms with Crippen LogP contribution in [0.2, 0.25) is 0 Å². The normalized spacial score (nSPS) is 12.8. The molecular formula is C19H24N2O3S. The first kappa shape index (κ1) is 19.1. The van der Waals surface area contributed by atoms with Gasteiger partial charge in [0.2, 0.25) is 15.9 Å². The van der Waals surface area contributed by atoms with Crippen molar-refractivity contribution in [3.8, 4) is 0 Å². The molecule has 1 amide bonds. The standard InChI is InChI=1S/C19H24N2O3S/c1-13(2)17-12-8-9-14(3)18(17)20-19(22)15(4)21-25(23,24)16-10-6-5-7-11-16/h5-13,15,21H,1-4H3,(H,20,22)/t15-/m1/s1. The average molecular weight is 360 g/mol. The van der Waals surface area contributed by atoms with Crippen LogP contribution in [0.3, 0.4) is 0 Å². The van der Waals surface area contributed by atoms with E-state index in [9.17, 15) is 13.2 Å². The van der Waals surface area contributed by atoms with Crippen molar-refractivity contribution < 1.29 is 13.2 Å². The Bertz CT molecular complexity index is 846. The van der Waals surface area contributed by atoms with E-state index in [0.717, 1.165) is 16.8 Å². The Balaban J connectivity index is 2.17. The minimum atomic E-state index is -3.74. The van der Waals surface area contributed by atoms with E-state index in [1.165, 1.54) is 19.1 Å². The van der Waals surface area contributed by atoms with Crippen molar-refractivity contribution >= 4 is 21.6 Å². The van der Waals surface area contributed by atoms with Crippen LogP contribution in [-0.4, -0.2) is 20.4 Å². The molecule has 6 heteroatoms. The Morgan fingerprint density at radius 1 is 0.960 bits per heavy atom. The van der Waals surface area contributed by atoms with Crippen molar-refractivity contribution in [3.63, 3.8) is 0 Å². The maximum atomic E-state index is 12.5. The van der Waals surface area contributed by atoms with E-state index in [4.69, 9.17) is 0 Å². The molecule has 0 aliphatic heterocycles. The van der Waals surface area contributed by atoms with Gasteiger partial charge in [0.05, 0.1) is 10.9 Å². The fraction of sp³-hybridized carbons (Fsp3) is 0.316. The van der Waals surface area contributed by atoms with Crippen molar-refractivity contribution in [2.24, 2.45) is 0 Å². The summed E-state index contributed by atoms with van der Waals surface area (Å²) in [6.45, 7) is 7.54. The minimum Gasteiger partial charge on any atom is -0.324 e. The first-order valence-corrected chi connectivity index (χ1v) is 9.68. The Hall–Kier alpha value is -2.18. The third-order valence-corrected chi connectivity index (χ3v) is 5.51. The summed E-state index contributed by atoms with van der Waals surface area (Å²) in [6, 6.07) is 12.9. The number of hydrogen-bond acceptors (Lipinski definition) is 3. The van der Waals surface area contributed by atoms with Gasteiger partial charge >= 0.3 is 0 Å². The number of benzene rings is 2. The highest BCUT2D eigenvalue weighted by Gasteiger charge is 2.23. The second-order valence-electron chi connectivity index (χ2n) is 6.34. The molecule has 5 nitrogen and oxygen atoms in total. The van der Waals surface area contributed by atoms with E-state index in [2.05, 4.69) is 10.0 Å². The fourth-order valence-corrected chi connectivity index (χ4v) is 3.75. The molecule has 0 bridgehead atoms. The third kappa shape index (κ3) is 4.67. The highest BCUT2D eigenvalue weighted by Crippen LogP contribution is 2.27. The van der Waals surface area contributed by atoms with Gasteiger partial charge in [0.15, 0.2) is 0 Å². The Kier molecular flexibility index (Phi) is 5.98. The largest absolute Gasteiger partial charge is 0.324 e. The molecule has 2 aromatic carbocycles. The van der Waals surface area contributed by atoms with Crippen molar-refractivity contribution in [3.05, 3.63) is 59.7 Å². The maximum Gasteiger partial charge on any atom is 0.242 e. The van der Waals surface area contributed by atoms with Gasteiger partial charge < -0.3 is 5.32 Å². The third-order valence-electron chi connectivity index (χ3n) is 3.95. The zero-order chi connectivity index (χ0) is 18.6. The topological polar surface area (TPSA) is 75.3 Å². The number of anilines is 1. The molecule has 0 spiro atoms. The van der Waals surface area contributed by atoms with E-state index in [-0.39, 0.29) is 10.8 Å². The molecule has 2 rings (SSSR count). The summed E-state index contributed by atoms with van der Waals surface area (Å²) in [6.07, 6.45) is 0. The van der Waals surface area contributed by atoms with Crippen LogP contribution < -0.4 is 10.0 Å². The van der Waals surface area contributed by atoms with Gasteiger partial charge in [0.25, 0.3) is 0 Å². The van der Waals surface area contributed by atoms with Gasteiger partial charge in [-0.3, -0.25) is 4.79 Å². The first-order chi connectivity index (χ1) is 11.7. The first-order valence-electron chi connectivity index (χ1n) is 8.20. The molecule has 0 aliphatic carbocycles. The molecule has 25 heavy (non-hydrogen) atoms. The van der Waals surface area contributed by atoms with Crippen LogP contribution >= 0.6 is 0 Å². The highest BCUT2D eigenvalue weighted by molar-refractivity contribution is 7.89. The molecule has 2 aromatic rings. The minimum absolute atomic E-state index is 0.133. The molecular weight excluding hydrogens is 336 g/mol. The second kappa shape index (κ2) is 7.80. The smallest absolute Gasteiger partial charge is 0.242 e. The van der Waals surface area contributed by atoms with Gasteiger partial charge in [-0.25, -0.2) is 8.42 Å². The molecule has 0 fully saturated rings. The molecule has 0 saturated carbocycles. The predicted octanol–water partition coefficient (Wildman–Crippen LogP) is 3.42. The summed E-state index contributed by atoms with van der Waals surface area (Å²) in [7, 11) is -3.74. The number of carbonyl (C=O) groups is 1. The Morgan fingerprint density at radius 2 is 1.60 bits per heavy atom. The number of amides is 1. The van der Waals surface area contributed by atoms with E-state index in [0.29, 0.717) is 0 Å². The number of hydrogen-bond donors (Lipinski definition) is 2. The van der Waals surface area contributed by atoms with Gasteiger partial charge in [0, 0.05) is 5.69 Å². The monoisotopic (exact) mass is 360 g/mol. The summed E-state index contributed by atoms with van der Waals surface area (Å²) in [5, 5.41) is 2.87. The number of rotatable bonds is 6. The number of para-hydroxylation sites is 1. The number of carbonyl (C=O) groups excluding carboxylic acids is 1. The molecule has 1 atom stereocenters. The van der Waals surface area contributed by atoms with Crippen LogP contribution in [0.5, 0.6) is 0 Å². The van der Waals surface area contributed by atoms with E-state index >= 15 is 0 Å². The second-order valence-corrected chi connectivity index (χ2v) is 8.05. The zero-order valence-corrected chi connectivity index (χ0v) is 15.7. The molecule has 2 N–H and O–H groups in total. The highest BCUT2D eigenvalue weighted by atomic mass is 32.2. The van der Waals surface area contributed by atoms with Gasteiger partial charge in [-0.1, -0.05) is 50.2 Å². The Morgan fingerprint density at radius 3 is 2.20 bits per heavy atom. The summed E-state index contributed by atoms with van der Waals surface area (Å²) in [4.78, 5) is 12.6. The van der Waals surface area contributed by atoms with E-state index < -0.39 is 22.0 Å². The lowest BCUT2D eigenvalue weighted by atomic mass is 9.98. The molecule has 0 heterocycles. The SMILES string of the molecule is Cc1cccc(C(C)C)c1NC(=O)[C@@H](C)NS(=O)(=O)c1ccccc1. The fourth-order valence-electron chi connectivity index (χ4n) is 2.53. The van der Waals surface area contributed by atoms with Gasteiger partial charge in [0.1, 0.15) is 0 Å². The maximum absolute atomic E-state index is 12.5. The lowest BCUT2D eigenvalue weighted by molar-refractivity contribution is -0.117. The summed E-state index contributed by atoms with van der Waals surface area (Å²) in [5.41, 5.74) is 2.71. The van der Waals surface area contributed by atoms with Crippen LogP contribution in [0.15, 0.2) is 53.4 Å². The van der Waals surface area contributed by atoms with Gasteiger partial charge in [-0.05, 0) is 43.0 Å². The van der Waals surface area contributed by atoms with E-state index in [1.807, 2.05) is 39.0 Å². The summed E-state index contributed by atoms with van der Waals surface area (Å²) in [5.74, 6) is -0.151. The van der Waals surface area contributed by atoms with Crippen LogP contribution in [0.25, 0.3) is 0 Å². The van der Waals surface area contributed by atoms with Crippen LogP contribution in [0, 0.1) is 6.92 Å². The van der Waals surface area contributed by atoms with Crippen molar-refractivity contribution in [1.29, 1.82) is 0 Å². The number of sulfonamides is 1. The van der Waals surface area contributed by atoms with Crippen molar-refractivity contribution in [2.75, 3.05) is 5.32 Å². The lowest BCUT2D eigenvalue weighted by Crippen LogP contribution is -2.41. The summed E-state index contributed by atoms with van der Waals surface area (Å²) < 4.78 is 27.1. The van der Waals surface area contributed by atoms with Crippen molar-refractivity contribution in [1.82, 2.24) is 4.72 Å². The van der Waals surface area contributed by atoms with E-state index in [1.54, 1.807) is 18.2 Å². The molecule has 0 aromatic heterocycles. The van der Waals surface area contributed by atoms with Crippen LogP contribution in [0.1, 0.15) is 37.8 Å². The molecule has 0 saturated heterocycles. The quantitative estimate of drug-likeness (QED) is 0.829. The van der Waals surface area contributed by atoms with Crippen molar-refractivity contribution in [2.45, 2.75) is 44.6 Å². The lowest BCUT2D eigenvalue weighted by Gasteiger charge is -2.19. The Labute approximate surface area is 149 Å². The predicted molar refractivity (Wildman–Crippen MR) is 100 cm³/mol. The van der Waals surface area contributed by atoms with Gasteiger partial charge in [-0.15, -0.1) is 0 Å². The molecule has 0 radical (unpaired) electrons. The zero-order valence-electron chi connectivity index (χ0n) is 14.9. The summed E-state index contributed by atoms with van der Waals surface area (Å²) >= 11 is 0. The van der Waals surface area contributed by atoms with Crippen LogP contribution in [0.4, 0.5) is 5.69 Å². The average Bonchev–Trinajstić information content (AvgIpc) is 2.56. The molecule has 134 valence electrons. The number of aryl methyl sites for hydroxylation is 1. The molecule has 0 aliphatic rings. The molecule has 0 unspecified atom stereocenters.